The molecule has 2 atom stereocenters. The number of nitrogens with zero attached hydrogens (tertiary/aromatic N) is 2. The van der Waals surface area contributed by atoms with Gasteiger partial charge in [-0.3, -0.25) is 0 Å². The lowest BCUT2D eigenvalue weighted by Gasteiger charge is -2.18. The zero-order chi connectivity index (χ0) is 9.97. The number of rotatable bonds is 3. The van der Waals surface area contributed by atoms with Crippen LogP contribution in [-0.2, 0) is 5.33 Å². The molecule has 1 fully saturated rings. The van der Waals surface area contributed by atoms with Gasteiger partial charge in [0.05, 0.1) is 12.0 Å². The van der Waals surface area contributed by atoms with Crippen molar-refractivity contribution < 1.29 is 0 Å². The smallest absolute Gasteiger partial charge is 0.0952 e. The molecule has 1 aromatic heterocycles. The van der Waals surface area contributed by atoms with Crippen molar-refractivity contribution in [3.8, 4) is 0 Å². The Labute approximate surface area is 93.9 Å². The van der Waals surface area contributed by atoms with Crippen LogP contribution in [0.5, 0.6) is 0 Å². The molecule has 78 valence electrons. The Morgan fingerprint density at radius 2 is 2.43 bits per heavy atom. The first-order valence-corrected chi connectivity index (χ1v) is 6.55. The molecule has 2 rings (SSSR count). The minimum atomic E-state index is 0.709. The number of hydrogen-bond acceptors (Lipinski definition) is 1. The van der Waals surface area contributed by atoms with Crippen LogP contribution >= 0.6 is 15.9 Å². The van der Waals surface area contributed by atoms with Crippen molar-refractivity contribution >= 4 is 15.9 Å². The molecule has 3 heteroatoms. The van der Waals surface area contributed by atoms with Gasteiger partial charge in [0.1, 0.15) is 0 Å². The Morgan fingerprint density at radius 3 is 3.07 bits per heavy atom. The molecule has 0 amide bonds. The Bertz CT molecular complexity index is 295. The minimum Gasteiger partial charge on any atom is -0.334 e. The summed E-state index contributed by atoms with van der Waals surface area (Å²) in [5.74, 6) is 0.868. The summed E-state index contributed by atoms with van der Waals surface area (Å²) in [4.78, 5) is 4.36. The number of alkyl halides is 1. The van der Waals surface area contributed by atoms with Gasteiger partial charge in [-0.2, -0.15) is 0 Å². The monoisotopic (exact) mass is 256 g/mol. The highest BCUT2D eigenvalue weighted by molar-refractivity contribution is 9.08. The second kappa shape index (κ2) is 4.47. The average molecular weight is 257 g/mol. The van der Waals surface area contributed by atoms with Gasteiger partial charge >= 0.3 is 0 Å². The lowest BCUT2D eigenvalue weighted by atomic mass is 10.0. The highest BCUT2D eigenvalue weighted by atomic mass is 79.9. The first-order chi connectivity index (χ1) is 6.85. The predicted molar refractivity (Wildman–Crippen MR) is 61.5 cm³/mol. The lowest BCUT2D eigenvalue weighted by Crippen LogP contribution is -2.11. The summed E-state index contributed by atoms with van der Waals surface area (Å²) < 4.78 is 2.32. The van der Waals surface area contributed by atoms with Crippen molar-refractivity contribution in [1.82, 2.24) is 9.55 Å². The molecule has 0 saturated heterocycles. The van der Waals surface area contributed by atoms with Gasteiger partial charge < -0.3 is 4.57 Å². The summed E-state index contributed by atoms with van der Waals surface area (Å²) in [6.45, 7) is 2.30. The average Bonchev–Trinajstić information content (AvgIpc) is 2.85. The van der Waals surface area contributed by atoms with E-state index in [1.807, 2.05) is 6.33 Å². The molecule has 1 heterocycles. The molecule has 0 radical (unpaired) electrons. The number of hydrogen-bond donors (Lipinski definition) is 0. The van der Waals surface area contributed by atoms with Crippen molar-refractivity contribution in [1.29, 1.82) is 0 Å². The van der Waals surface area contributed by atoms with Crippen LogP contribution in [0.4, 0.5) is 0 Å². The predicted octanol–water partition coefficient (Wildman–Crippen LogP) is 3.53. The molecule has 0 aromatic carbocycles. The van der Waals surface area contributed by atoms with Crippen LogP contribution < -0.4 is 0 Å². The van der Waals surface area contributed by atoms with E-state index in [-0.39, 0.29) is 0 Å². The van der Waals surface area contributed by atoms with E-state index in [4.69, 9.17) is 0 Å². The van der Waals surface area contributed by atoms with Crippen LogP contribution in [0.2, 0.25) is 0 Å². The zero-order valence-corrected chi connectivity index (χ0v) is 10.2. The summed E-state index contributed by atoms with van der Waals surface area (Å²) in [6.07, 6.45) is 9.58. The van der Waals surface area contributed by atoms with Gasteiger partial charge in [0, 0.05) is 17.6 Å². The van der Waals surface area contributed by atoms with E-state index in [9.17, 15) is 0 Å². The maximum atomic E-state index is 4.36. The normalized spacial score (nSPS) is 27.0. The fraction of sp³-hybridized carbons (Fsp3) is 0.727. The molecule has 1 aliphatic carbocycles. The molecule has 1 aliphatic rings. The van der Waals surface area contributed by atoms with Crippen LogP contribution in [0.1, 0.15) is 44.3 Å². The quantitative estimate of drug-likeness (QED) is 0.757. The Kier molecular flexibility index (Phi) is 3.26. The van der Waals surface area contributed by atoms with Gasteiger partial charge in [0.15, 0.2) is 0 Å². The van der Waals surface area contributed by atoms with Crippen molar-refractivity contribution in [3.63, 3.8) is 0 Å². The van der Waals surface area contributed by atoms with E-state index < -0.39 is 0 Å². The van der Waals surface area contributed by atoms with Crippen molar-refractivity contribution in [2.45, 2.75) is 44.0 Å². The van der Waals surface area contributed by atoms with Crippen molar-refractivity contribution in [3.05, 3.63) is 18.2 Å². The molecule has 0 spiro atoms. The van der Waals surface area contributed by atoms with Gasteiger partial charge in [0.2, 0.25) is 0 Å². The van der Waals surface area contributed by atoms with E-state index in [2.05, 4.69) is 38.6 Å². The molecule has 0 aliphatic heterocycles. The van der Waals surface area contributed by atoms with E-state index in [0.717, 1.165) is 16.9 Å². The fourth-order valence-electron chi connectivity index (χ4n) is 2.52. The van der Waals surface area contributed by atoms with E-state index in [1.54, 1.807) is 0 Å². The third kappa shape index (κ3) is 1.88. The molecule has 1 saturated carbocycles. The fourth-order valence-corrected chi connectivity index (χ4v) is 2.81. The molecular weight excluding hydrogens is 240 g/mol. The van der Waals surface area contributed by atoms with Gasteiger partial charge in [-0.05, 0) is 18.8 Å². The maximum Gasteiger partial charge on any atom is 0.0952 e. The molecule has 1 aromatic rings. The first kappa shape index (κ1) is 10.2. The molecule has 0 bridgehead atoms. The third-order valence-corrected chi connectivity index (χ3v) is 3.89. The Hall–Kier alpha value is -0.310. The number of halogens is 1. The highest BCUT2D eigenvalue weighted by Gasteiger charge is 2.26. The van der Waals surface area contributed by atoms with Crippen molar-refractivity contribution in [2.24, 2.45) is 5.92 Å². The molecule has 0 N–H and O–H groups in total. The van der Waals surface area contributed by atoms with Gasteiger partial charge in [-0.15, -0.1) is 0 Å². The SMILES string of the molecule is CCC1CCCC1n1cnc(CBr)c1. The minimum absolute atomic E-state index is 0.709. The Morgan fingerprint density at radius 1 is 1.57 bits per heavy atom. The summed E-state index contributed by atoms with van der Waals surface area (Å²) in [5, 5.41) is 0.865. The van der Waals surface area contributed by atoms with Crippen molar-refractivity contribution in [2.75, 3.05) is 0 Å². The van der Waals surface area contributed by atoms with Gasteiger partial charge in [-0.1, -0.05) is 35.7 Å². The molecule has 2 nitrogen and oxygen atoms in total. The summed E-state index contributed by atoms with van der Waals surface area (Å²) in [6, 6.07) is 0.709. The highest BCUT2D eigenvalue weighted by Crippen LogP contribution is 2.37. The summed E-state index contributed by atoms with van der Waals surface area (Å²) >= 11 is 3.44. The van der Waals surface area contributed by atoms with Crippen LogP contribution in [-0.4, -0.2) is 9.55 Å². The van der Waals surface area contributed by atoms with Crippen LogP contribution in [0.25, 0.3) is 0 Å². The zero-order valence-electron chi connectivity index (χ0n) is 8.62. The van der Waals surface area contributed by atoms with Gasteiger partial charge in [-0.25, -0.2) is 4.98 Å². The lowest BCUT2D eigenvalue weighted by molar-refractivity contribution is 0.370. The van der Waals surface area contributed by atoms with E-state index in [1.165, 1.54) is 25.7 Å². The van der Waals surface area contributed by atoms with Crippen LogP contribution in [0.3, 0.4) is 0 Å². The molecule has 14 heavy (non-hydrogen) atoms. The standard InChI is InChI=1S/C11H17BrN2/c1-2-9-4-3-5-11(9)14-7-10(6-12)13-8-14/h7-9,11H,2-6H2,1H3. The second-order valence-corrected chi connectivity index (χ2v) is 4.67. The third-order valence-electron chi connectivity index (χ3n) is 3.32. The van der Waals surface area contributed by atoms with Gasteiger partial charge in [0.25, 0.3) is 0 Å². The van der Waals surface area contributed by atoms with Crippen LogP contribution in [0, 0.1) is 5.92 Å². The maximum absolute atomic E-state index is 4.36. The summed E-state index contributed by atoms with van der Waals surface area (Å²) in [7, 11) is 0. The molecular formula is C11H17BrN2. The largest absolute Gasteiger partial charge is 0.334 e. The summed E-state index contributed by atoms with van der Waals surface area (Å²) in [5.41, 5.74) is 1.15. The van der Waals surface area contributed by atoms with E-state index >= 15 is 0 Å². The first-order valence-electron chi connectivity index (χ1n) is 5.43. The topological polar surface area (TPSA) is 17.8 Å². The van der Waals surface area contributed by atoms with E-state index in [0.29, 0.717) is 6.04 Å². The molecule has 2 unspecified atom stereocenters. The number of imidazole rings is 1. The second-order valence-electron chi connectivity index (χ2n) is 4.11. The number of aromatic nitrogens is 2. The Balaban J connectivity index is 2.13. The van der Waals surface area contributed by atoms with Crippen LogP contribution in [0.15, 0.2) is 12.5 Å².